The molecule has 3 heteroatoms. The fourth-order valence-corrected chi connectivity index (χ4v) is 1.76. The molecule has 15 heavy (non-hydrogen) atoms. The van der Waals surface area contributed by atoms with Crippen molar-refractivity contribution in [2.24, 2.45) is 11.3 Å². The van der Waals surface area contributed by atoms with Crippen molar-refractivity contribution >= 4 is 5.97 Å². The van der Waals surface area contributed by atoms with Crippen molar-refractivity contribution in [3.63, 3.8) is 0 Å². The van der Waals surface area contributed by atoms with Crippen molar-refractivity contribution in [1.82, 2.24) is 5.32 Å². The highest BCUT2D eigenvalue weighted by molar-refractivity contribution is 5.70. The highest BCUT2D eigenvalue weighted by Gasteiger charge is 2.18. The summed E-state index contributed by atoms with van der Waals surface area (Å²) in [6.45, 7) is 9.99. The summed E-state index contributed by atoms with van der Waals surface area (Å²) >= 11 is 0. The van der Waals surface area contributed by atoms with Crippen molar-refractivity contribution in [2.45, 2.75) is 47.0 Å². The Morgan fingerprint density at radius 3 is 2.40 bits per heavy atom. The Balaban J connectivity index is 3.81. The van der Waals surface area contributed by atoms with Crippen LogP contribution in [0, 0.1) is 11.3 Å². The highest BCUT2D eigenvalue weighted by atomic mass is 16.4. The van der Waals surface area contributed by atoms with E-state index in [1.165, 1.54) is 12.8 Å². The van der Waals surface area contributed by atoms with E-state index in [9.17, 15) is 4.79 Å². The molecule has 0 aromatic heterocycles. The first-order valence-corrected chi connectivity index (χ1v) is 5.86. The molecule has 2 N–H and O–H groups in total. The predicted molar refractivity (Wildman–Crippen MR) is 63.0 cm³/mol. The maximum absolute atomic E-state index is 10.8. The number of rotatable bonds is 8. The number of aliphatic carboxylic acids is 1. The number of carboxylic acid groups (broad SMARTS) is 1. The molecule has 0 bridgehead atoms. The lowest BCUT2D eigenvalue weighted by atomic mass is 9.88. The van der Waals surface area contributed by atoms with Gasteiger partial charge in [-0.25, -0.2) is 0 Å². The molecule has 0 spiro atoms. The van der Waals surface area contributed by atoms with Crippen LogP contribution in [0.3, 0.4) is 0 Å². The molecule has 0 aliphatic rings. The molecular weight excluding hydrogens is 190 g/mol. The van der Waals surface area contributed by atoms with E-state index >= 15 is 0 Å². The van der Waals surface area contributed by atoms with Gasteiger partial charge in [-0.1, -0.05) is 34.1 Å². The van der Waals surface area contributed by atoms with Crippen molar-refractivity contribution in [3.8, 4) is 0 Å². The third-order valence-electron chi connectivity index (χ3n) is 2.76. The smallest absolute Gasteiger partial charge is 0.307 e. The Bertz CT molecular complexity index is 190. The minimum Gasteiger partial charge on any atom is -0.481 e. The van der Waals surface area contributed by atoms with E-state index in [1.54, 1.807) is 0 Å². The van der Waals surface area contributed by atoms with Crippen LogP contribution in [0.1, 0.15) is 47.0 Å². The summed E-state index contributed by atoms with van der Waals surface area (Å²) in [7, 11) is 0. The lowest BCUT2D eigenvalue weighted by Crippen LogP contribution is -2.35. The molecule has 3 nitrogen and oxygen atoms in total. The SMILES string of the molecule is CCCC(C)(C)CNCC(CC)C(=O)O. The molecule has 0 aliphatic heterocycles. The standard InChI is InChI=1S/C12H25NO2/c1-5-7-12(3,4)9-13-8-10(6-2)11(14)15/h10,13H,5-9H2,1-4H3,(H,14,15). The molecule has 0 aromatic rings. The van der Waals surface area contributed by atoms with Gasteiger partial charge in [-0.05, 0) is 18.3 Å². The van der Waals surface area contributed by atoms with Crippen LogP contribution in [0.15, 0.2) is 0 Å². The van der Waals surface area contributed by atoms with Crippen LogP contribution in [0.2, 0.25) is 0 Å². The minimum absolute atomic E-state index is 0.248. The average molecular weight is 215 g/mol. The van der Waals surface area contributed by atoms with E-state index in [0.29, 0.717) is 13.0 Å². The number of hydrogen-bond donors (Lipinski definition) is 2. The van der Waals surface area contributed by atoms with E-state index in [0.717, 1.165) is 6.54 Å². The fraction of sp³-hybridized carbons (Fsp3) is 0.917. The van der Waals surface area contributed by atoms with Gasteiger partial charge < -0.3 is 10.4 Å². The van der Waals surface area contributed by atoms with Crippen molar-refractivity contribution in [2.75, 3.05) is 13.1 Å². The number of nitrogens with one attached hydrogen (secondary N) is 1. The zero-order valence-electron chi connectivity index (χ0n) is 10.5. The number of carbonyl (C=O) groups is 1. The normalized spacial score (nSPS) is 13.9. The van der Waals surface area contributed by atoms with Crippen LogP contribution < -0.4 is 5.32 Å². The molecule has 1 unspecified atom stereocenters. The highest BCUT2D eigenvalue weighted by Crippen LogP contribution is 2.20. The molecule has 0 saturated heterocycles. The van der Waals surface area contributed by atoms with Crippen molar-refractivity contribution in [1.29, 1.82) is 0 Å². The molecule has 0 radical (unpaired) electrons. The van der Waals surface area contributed by atoms with Crippen LogP contribution in [-0.2, 0) is 4.79 Å². The quantitative estimate of drug-likeness (QED) is 0.654. The maximum atomic E-state index is 10.8. The van der Waals surface area contributed by atoms with Crippen LogP contribution in [0.25, 0.3) is 0 Å². The Morgan fingerprint density at radius 1 is 1.40 bits per heavy atom. The average Bonchev–Trinajstić information content (AvgIpc) is 2.11. The maximum Gasteiger partial charge on any atom is 0.307 e. The molecular formula is C12H25NO2. The Kier molecular flexibility index (Phi) is 6.57. The van der Waals surface area contributed by atoms with Gasteiger partial charge in [0, 0.05) is 13.1 Å². The first-order chi connectivity index (χ1) is 6.93. The molecule has 0 heterocycles. The zero-order valence-corrected chi connectivity index (χ0v) is 10.5. The van der Waals surface area contributed by atoms with Crippen LogP contribution in [0.5, 0.6) is 0 Å². The third kappa shape index (κ3) is 6.50. The summed E-state index contributed by atoms with van der Waals surface area (Å²) in [5.74, 6) is -0.944. The van der Waals surface area contributed by atoms with E-state index < -0.39 is 5.97 Å². The van der Waals surface area contributed by atoms with Gasteiger partial charge in [0.1, 0.15) is 0 Å². The molecule has 1 atom stereocenters. The van der Waals surface area contributed by atoms with Gasteiger partial charge in [-0.15, -0.1) is 0 Å². The monoisotopic (exact) mass is 215 g/mol. The van der Waals surface area contributed by atoms with Gasteiger partial charge in [0.25, 0.3) is 0 Å². The van der Waals surface area contributed by atoms with Gasteiger partial charge in [0.05, 0.1) is 5.92 Å². The molecule has 0 saturated carbocycles. The summed E-state index contributed by atoms with van der Waals surface area (Å²) in [6, 6.07) is 0. The molecule has 0 fully saturated rings. The lowest BCUT2D eigenvalue weighted by molar-refractivity contribution is -0.141. The van der Waals surface area contributed by atoms with Gasteiger partial charge in [0.15, 0.2) is 0 Å². The summed E-state index contributed by atoms with van der Waals surface area (Å²) in [5, 5.41) is 12.1. The van der Waals surface area contributed by atoms with Gasteiger partial charge >= 0.3 is 5.97 Å². The first kappa shape index (κ1) is 14.4. The first-order valence-electron chi connectivity index (χ1n) is 5.86. The van der Waals surface area contributed by atoms with E-state index in [1.807, 2.05) is 6.92 Å². The third-order valence-corrected chi connectivity index (χ3v) is 2.76. The van der Waals surface area contributed by atoms with Crippen LogP contribution >= 0.6 is 0 Å². The molecule has 0 amide bonds. The topological polar surface area (TPSA) is 49.3 Å². The van der Waals surface area contributed by atoms with Gasteiger partial charge in [-0.2, -0.15) is 0 Å². The Labute approximate surface area is 93.3 Å². The second-order valence-electron chi connectivity index (χ2n) is 4.99. The summed E-state index contributed by atoms with van der Waals surface area (Å²) < 4.78 is 0. The van der Waals surface area contributed by atoms with Gasteiger partial charge in [0.2, 0.25) is 0 Å². The van der Waals surface area contributed by atoms with Crippen molar-refractivity contribution < 1.29 is 9.90 Å². The summed E-state index contributed by atoms with van der Waals surface area (Å²) in [4.78, 5) is 10.8. The zero-order chi connectivity index (χ0) is 11.9. The summed E-state index contributed by atoms with van der Waals surface area (Å²) in [5.41, 5.74) is 0.269. The largest absolute Gasteiger partial charge is 0.481 e. The second-order valence-corrected chi connectivity index (χ2v) is 4.99. The number of carboxylic acids is 1. The molecule has 90 valence electrons. The van der Waals surface area contributed by atoms with E-state index in [4.69, 9.17) is 5.11 Å². The molecule has 0 aliphatic carbocycles. The Morgan fingerprint density at radius 2 is 2.00 bits per heavy atom. The minimum atomic E-state index is -0.696. The predicted octanol–water partition coefficient (Wildman–Crippen LogP) is 2.51. The van der Waals surface area contributed by atoms with E-state index in [-0.39, 0.29) is 11.3 Å². The van der Waals surface area contributed by atoms with Crippen molar-refractivity contribution in [3.05, 3.63) is 0 Å². The summed E-state index contributed by atoms with van der Waals surface area (Å²) in [6.07, 6.45) is 3.03. The van der Waals surface area contributed by atoms with Crippen LogP contribution in [-0.4, -0.2) is 24.2 Å². The lowest BCUT2D eigenvalue weighted by Gasteiger charge is -2.25. The second kappa shape index (κ2) is 6.83. The fourth-order valence-electron chi connectivity index (χ4n) is 1.76. The van der Waals surface area contributed by atoms with Crippen LogP contribution in [0.4, 0.5) is 0 Å². The molecule has 0 aromatic carbocycles. The number of hydrogen-bond acceptors (Lipinski definition) is 2. The Hall–Kier alpha value is -0.570. The van der Waals surface area contributed by atoms with Gasteiger partial charge in [-0.3, -0.25) is 4.79 Å². The molecule has 0 rings (SSSR count). The van der Waals surface area contributed by atoms with E-state index in [2.05, 4.69) is 26.1 Å².